The summed E-state index contributed by atoms with van der Waals surface area (Å²) in [6.45, 7) is 11.2. The summed E-state index contributed by atoms with van der Waals surface area (Å²) in [5.41, 5.74) is 6.09. The Labute approximate surface area is 139 Å². The van der Waals surface area contributed by atoms with E-state index in [9.17, 15) is 0 Å². The fraction of sp³-hybridized carbons (Fsp3) is 0.400. The van der Waals surface area contributed by atoms with Crippen LogP contribution >= 0.6 is 0 Å². The van der Waals surface area contributed by atoms with Crippen LogP contribution in [0.25, 0.3) is 0 Å². The summed E-state index contributed by atoms with van der Waals surface area (Å²) >= 11 is 0. The van der Waals surface area contributed by atoms with Crippen molar-refractivity contribution in [2.45, 2.75) is 47.3 Å². The summed E-state index contributed by atoms with van der Waals surface area (Å²) in [4.78, 5) is 0. The number of hydrogen-bond donors (Lipinski definition) is 1. The molecule has 0 bridgehead atoms. The van der Waals surface area contributed by atoms with Crippen LogP contribution in [0.15, 0.2) is 30.3 Å². The fourth-order valence-corrected chi connectivity index (χ4v) is 2.87. The van der Waals surface area contributed by atoms with Crippen molar-refractivity contribution in [2.75, 3.05) is 12.4 Å². The Morgan fingerprint density at radius 1 is 1.04 bits per heavy atom. The summed E-state index contributed by atoms with van der Waals surface area (Å²) in [7, 11) is 1.67. The van der Waals surface area contributed by atoms with Crippen LogP contribution in [0.4, 0.5) is 5.69 Å². The average Bonchev–Trinajstić information content (AvgIpc) is 2.46. The van der Waals surface area contributed by atoms with Crippen LogP contribution in [-0.4, -0.2) is 13.2 Å². The number of ether oxygens (including phenoxy) is 2. The average molecular weight is 313 g/mol. The van der Waals surface area contributed by atoms with E-state index in [1.165, 1.54) is 22.4 Å². The van der Waals surface area contributed by atoms with Gasteiger partial charge in [0.1, 0.15) is 0 Å². The van der Waals surface area contributed by atoms with Gasteiger partial charge >= 0.3 is 0 Å². The van der Waals surface area contributed by atoms with Crippen molar-refractivity contribution < 1.29 is 9.47 Å². The minimum atomic E-state index is 0.105. The zero-order valence-electron chi connectivity index (χ0n) is 15.0. The van der Waals surface area contributed by atoms with Crippen molar-refractivity contribution in [1.29, 1.82) is 0 Å². The molecule has 2 rings (SSSR count). The van der Waals surface area contributed by atoms with Crippen molar-refractivity contribution in [1.82, 2.24) is 0 Å². The van der Waals surface area contributed by atoms with E-state index in [0.29, 0.717) is 6.54 Å². The van der Waals surface area contributed by atoms with E-state index in [0.717, 1.165) is 17.1 Å². The first-order valence-corrected chi connectivity index (χ1v) is 8.06. The summed E-state index contributed by atoms with van der Waals surface area (Å²) in [5.74, 6) is 1.59. The second-order valence-corrected chi connectivity index (χ2v) is 6.24. The molecule has 0 aliphatic heterocycles. The molecule has 0 aliphatic rings. The Morgan fingerprint density at radius 2 is 1.70 bits per heavy atom. The lowest BCUT2D eigenvalue weighted by Crippen LogP contribution is -2.11. The molecular formula is C20H27NO2. The third-order valence-corrected chi connectivity index (χ3v) is 3.77. The maximum Gasteiger partial charge on any atom is 0.166 e. The Balaban J connectivity index is 2.27. The van der Waals surface area contributed by atoms with Gasteiger partial charge in [0.25, 0.3) is 0 Å². The first-order chi connectivity index (χ1) is 10.9. The van der Waals surface area contributed by atoms with Crippen molar-refractivity contribution in [3.8, 4) is 11.5 Å². The Kier molecular flexibility index (Phi) is 5.54. The second kappa shape index (κ2) is 7.40. The summed E-state index contributed by atoms with van der Waals surface area (Å²) in [6.07, 6.45) is 0.105. The molecule has 3 heteroatoms. The number of para-hydroxylation sites is 1. The van der Waals surface area contributed by atoms with Crippen LogP contribution in [-0.2, 0) is 6.54 Å². The van der Waals surface area contributed by atoms with E-state index in [4.69, 9.17) is 9.47 Å². The molecule has 3 nitrogen and oxygen atoms in total. The summed E-state index contributed by atoms with van der Waals surface area (Å²) < 4.78 is 11.4. The summed E-state index contributed by atoms with van der Waals surface area (Å²) in [6, 6.07) is 10.4. The van der Waals surface area contributed by atoms with Gasteiger partial charge in [-0.15, -0.1) is 0 Å². The van der Waals surface area contributed by atoms with Crippen molar-refractivity contribution in [2.24, 2.45) is 0 Å². The molecule has 0 saturated heterocycles. The predicted octanol–water partition coefficient (Wildman–Crippen LogP) is 5.02. The van der Waals surface area contributed by atoms with Gasteiger partial charge in [-0.3, -0.25) is 0 Å². The Hall–Kier alpha value is -2.16. The van der Waals surface area contributed by atoms with Crippen LogP contribution in [0.5, 0.6) is 11.5 Å². The minimum absolute atomic E-state index is 0.105. The van der Waals surface area contributed by atoms with Gasteiger partial charge in [-0.2, -0.15) is 0 Å². The topological polar surface area (TPSA) is 30.5 Å². The number of benzene rings is 2. The maximum absolute atomic E-state index is 5.97. The molecule has 0 radical (unpaired) electrons. The first-order valence-electron chi connectivity index (χ1n) is 8.06. The highest BCUT2D eigenvalue weighted by Crippen LogP contribution is 2.33. The fourth-order valence-electron chi connectivity index (χ4n) is 2.87. The van der Waals surface area contributed by atoms with Gasteiger partial charge in [-0.1, -0.05) is 29.8 Å². The molecular weight excluding hydrogens is 286 g/mol. The lowest BCUT2D eigenvalue weighted by Gasteiger charge is -2.19. The van der Waals surface area contributed by atoms with E-state index in [1.54, 1.807) is 7.11 Å². The normalized spacial score (nSPS) is 10.7. The quantitative estimate of drug-likeness (QED) is 0.812. The molecule has 0 amide bonds. The minimum Gasteiger partial charge on any atom is -0.493 e. The zero-order valence-corrected chi connectivity index (χ0v) is 15.0. The largest absolute Gasteiger partial charge is 0.493 e. The second-order valence-electron chi connectivity index (χ2n) is 6.24. The molecule has 1 N–H and O–H groups in total. The van der Waals surface area contributed by atoms with Gasteiger partial charge < -0.3 is 14.8 Å². The highest BCUT2D eigenvalue weighted by atomic mass is 16.5. The van der Waals surface area contributed by atoms with Crippen LogP contribution in [0, 0.1) is 20.8 Å². The summed E-state index contributed by atoms with van der Waals surface area (Å²) in [5, 5.41) is 3.55. The highest BCUT2D eigenvalue weighted by molar-refractivity contribution is 5.59. The van der Waals surface area contributed by atoms with E-state index in [-0.39, 0.29) is 6.10 Å². The van der Waals surface area contributed by atoms with Gasteiger partial charge in [-0.05, 0) is 51.8 Å². The van der Waals surface area contributed by atoms with Gasteiger partial charge in [0.15, 0.2) is 11.5 Å². The standard InChI is InChI=1S/C20H27NO2/c1-13(2)23-20-17(8-7-9-18(20)22-6)12-21-19-15(4)10-14(3)11-16(19)5/h7-11,13,21H,12H2,1-6H3. The molecule has 0 spiro atoms. The number of hydrogen-bond acceptors (Lipinski definition) is 3. The highest BCUT2D eigenvalue weighted by Gasteiger charge is 2.13. The van der Waals surface area contributed by atoms with Gasteiger partial charge in [0.2, 0.25) is 0 Å². The SMILES string of the molecule is COc1cccc(CNc2c(C)cc(C)cc2C)c1OC(C)C. The predicted molar refractivity (Wildman–Crippen MR) is 96.7 cm³/mol. The molecule has 0 saturated carbocycles. The molecule has 0 heterocycles. The first kappa shape index (κ1) is 17.2. The molecule has 0 unspecified atom stereocenters. The molecule has 2 aromatic rings. The van der Waals surface area contributed by atoms with Crippen LogP contribution in [0.2, 0.25) is 0 Å². The lowest BCUT2D eigenvalue weighted by molar-refractivity contribution is 0.228. The van der Waals surface area contributed by atoms with E-state index in [1.807, 2.05) is 26.0 Å². The Morgan fingerprint density at radius 3 is 2.26 bits per heavy atom. The third kappa shape index (κ3) is 4.19. The van der Waals surface area contributed by atoms with Crippen molar-refractivity contribution >= 4 is 5.69 Å². The number of aryl methyl sites for hydroxylation is 3. The molecule has 0 atom stereocenters. The monoisotopic (exact) mass is 313 g/mol. The Bertz CT molecular complexity index is 654. The molecule has 2 aromatic carbocycles. The van der Waals surface area contributed by atoms with E-state index >= 15 is 0 Å². The number of nitrogens with one attached hydrogen (secondary N) is 1. The number of methoxy groups -OCH3 is 1. The van der Waals surface area contributed by atoms with Gasteiger partial charge in [0.05, 0.1) is 13.2 Å². The van der Waals surface area contributed by atoms with E-state index in [2.05, 4.69) is 44.3 Å². The number of rotatable bonds is 6. The maximum atomic E-state index is 5.97. The molecule has 23 heavy (non-hydrogen) atoms. The van der Waals surface area contributed by atoms with Crippen LogP contribution in [0.3, 0.4) is 0 Å². The van der Waals surface area contributed by atoms with Crippen LogP contribution < -0.4 is 14.8 Å². The van der Waals surface area contributed by atoms with Crippen molar-refractivity contribution in [3.05, 3.63) is 52.6 Å². The molecule has 0 aliphatic carbocycles. The van der Waals surface area contributed by atoms with Gasteiger partial charge in [0, 0.05) is 17.8 Å². The van der Waals surface area contributed by atoms with Crippen LogP contribution in [0.1, 0.15) is 36.1 Å². The third-order valence-electron chi connectivity index (χ3n) is 3.77. The smallest absolute Gasteiger partial charge is 0.166 e. The molecule has 0 aromatic heterocycles. The molecule has 0 fully saturated rings. The van der Waals surface area contributed by atoms with E-state index < -0.39 is 0 Å². The number of anilines is 1. The zero-order chi connectivity index (χ0) is 17.0. The van der Waals surface area contributed by atoms with Crippen molar-refractivity contribution in [3.63, 3.8) is 0 Å². The lowest BCUT2D eigenvalue weighted by atomic mass is 10.0. The molecule has 124 valence electrons. The van der Waals surface area contributed by atoms with Gasteiger partial charge in [-0.25, -0.2) is 0 Å².